The summed E-state index contributed by atoms with van der Waals surface area (Å²) in [4.78, 5) is 0. The lowest BCUT2D eigenvalue weighted by molar-refractivity contribution is 0.443. The van der Waals surface area contributed by atoms with Crippen LogP contribution in [0.25, 0.3) is 0 Å². The van der Waals surface area contributed by atoms with E-state index in [1.54, 1.807) is 11.1 Å². The Kier molecular flexibility index (Phi) is 3.67. The van der Waals surface area contributed by atoms with Crippen molar-refractivity contribution < 1.29 is 0 Å². The Hall–Kier alpha value is -0.470. The lowest BCUT2D eigenvalue weighted by atomic mass is 10.0. The molecule has 18 heavy (non-hydrogen) atoms. The first-order chi connectivity index (χ1) is 8.78. The van der Waals surface area contributed by atoms with Gasteiger partial charge in [0.05, 0.1) is 0 Å². The second-order valence-electron chi connectivity index (χ2n) is 5.77. The zero-order valence-corrected chi connectivity index (χ0v) is 12.2. The van der Waals surface area contributed by atoms with E-state index < -0.39 is 0 Å². The molecule has 0 aliphatic heterocycles. The number of fused-ring (bicyclic) bond motifs is 1. The van der Waals surface area contributed by atoms with Gasteiger partial charge in [-0.3, -0.25) is 0 Å². The van der Waals surface area contributed by atoms with Gasteiger partial charge in [-0.2, -0.15) is 11.8 Å². The first kappa shape index (κ1) is 12.6. The smallest absolute Gasteiger partial charge is 0.0329 e. The highest BCUT2D eigenvalue weighted by molar-refractivity contribution is 7.99. The summed E-state index contributed by atoms with van der Waals surface area (Å²) in [7, 11) is 0. The largest absolute Gasteiger partial charge is 0.306 e. The first-order valence-electron chi connectivity index (χ1n) is 7.16. The molecule has 2 aliphatic rings. The van der Waals surface area contributed by atoms with Gasteiger partial charge >= 0.3 is 0 Å². The molecule has 0 spiro atoms. The van der Waals surface area contributed by atoms with Crippen molar-refractivity contribution in [3.05, 3.63) is 34.9 Å². The highest BCUT2D eigenvalue weighted by atomic mass is 32.2. The summed E-state index contributed by atoms with van der Waals surface area (Å²) >= 11 is 2.05. The Balaban J connectivity index is 1.74. The molecule has 0 bridgehead atoms. The number of benzene rings is 1. The second kappa shape index (κ2) is 5.26. The molecule has 98 valence electrons. The van der Waals surface area contributed by atoms with Crippen molar-refractivity contribution in [1.82, 2.24) is 5.32 Å². The summed E-state index contributed by atoms with van der Waals surface area (Å²) in [6, 6.07) is 8.31. The highest BCUT2D eigenvalue weighted by Crippen LogP contribution is 2.35. The molecule has 0 amide bonds. The van der Waals surface area contributed by atoms with Crippen LogP contribution in [0.15, 0.2) is 18.2 Å². The first-order valence-corrected chi connectivity index (χ1v) is 8.45. The predicted molar refractivity (Wildman–Crippen MR) is 80.3 cm³/mol. The minimum atomic E-state index is 0.609. The summed E-state index contributed by atoms with van der Waals surface area (Å²) in [5.41, 5.74) is 4.54. The van der Waals surface area contributed by atoms with Crippen LogP contribution in [-0.4, -0.2) is 17.5 Å². The zero-order valence-electron chi connectivity index (χ0n) is 11.4. The molecule has 3 atom stereocenters. The Morgan fingerprint density at radius 2 is 2.11 bits per heavy atom. The van der Waals surface area contributed by atoms with E-state index in [0.717, 1.165) is 11.3 Å². The third-order valence-corrected chi connectivity index (χ3v) is 5.72. The minimum Gasteiger partial charge on any atom is -0.306 e. The third-order valence-electron chi connectivity index (χ3n) is 4.55. The average Bonchev–Trinajstić information content (AvgIpc) is 2.97. The maximum Gasteiger partial charge on any atom is 0.0329 e. The molecule has 0 aromatic heterocycles. The Morgan fingerprint density at radius 1 is 1.22 bits per heavy atom. The van der Waals surface area contributed by atoms with Crippen molar-refractivity contribution in [1.29, 1.82) is 0 Å². The highest BCUT2D eigenvalue weighted by Gasteiger charge is 2.31. The van der Waals surface area contributed by atoms with Crippen molar-refractivity contribution in [3.63, 3.8) is 0 Å². The van der Waals surface area contributed by atoms with Crippen molar-refractivity contribution in [2.75, 3.05) is 6.26 Å². The monoisotopic (exact) mass is 261 g/mol. The Bertz CT molecular complexity index is 429. The van der Waals surface area contributed by atoms with Crippen molar-refractivity contribution >= 4 is 11.8 Å². The summed E-state index contributed by atoms with van der Waals surface area (Å²) in [5, 5.41) is 4.77. The van der Waals surface area contributed by atoms with Gasteiger partial charge < -0.3 is 5.32 Å². The van der Waals surface area contributed by atoms with Gasteiger partial charge in [-0.15, -0.1) is 0 Å². The van der Waals surface area contributed by atoms with E-state index in [0.29, 0.717) is 6.04 Å². The van der Waals surface area contributed by atoms with Gasteiger partial charge in [0.15, 0.2) is 0 Å². The van der Waals surface area contributed by atoms with Gasteiger partial charge in [0.25, 0.3) is 0 Å². The van der Waals surface area contributed by atoms with Crippen LogP contribution in [0.2, 0.25) is 0 Å². The van der Waals surface area contributed by atoms with Crippen LogP contribution in [0.1, 0.15) is 48.4 Å². The minimum absolute atomic E-state index is 0.609. The van der Waals surface area contributed by atoms with E-state index in [-0.39, 0.29) is 0 Å². The molecule has 1 nitrogen and oxygen atoms in total. The molecule has 2 heteroatoms. The fraction of sp³-hybridized carbons (Fsp3) is 0.625. The maximum atomic E-state index is 3.94. The lowest BCUT2D eigenvalue weighted by Gasteiger charge is -2.24. The van der Waals surface area contributed by atoms with E-state index in [9.17, 15) is 0 Å². The number of thioether (sulfide) groups is 1. The molecule has 2 aliphatic carbocycles. The number of aryl methyl sites for hydroxylation is 2. The van der Waals surface area contributed by atoms with Crippen molar-refractivity contribution in [2.24, 2.45) is 0 Å². The summed E-state index contributed by atoms with van der Waals surface area (Å²) in [5.74, 6) is 0. The van der Waals surface area contributed by atoms with Crippen LogP contribution >= 0.6 is 11.8 Å². The van der Waals surface area contributed by atoms with Crippen LogP contribution in [0.5, 0.6) is 0 Å². The Morgan fingerprint density at radius 3 is 2.94 bits per heavy atom. The molecule has 1 aromatic rings. The normalized spacial score (nSPS) is 30.7. The average molecular weight is 261 g/mol. The number of hydrogen-bond donors (Lipinski definition) is 1. The van der Waals surface area contributed by atoms with E-state index in [4.69, 9.17) is 0 Å². The summed E-state index contributed by atoms with van der Waals surface area (Å²) < 4.78 is 0. The fourth-order valence-electron chi connectivity index (χ4n) is 3.55. The van der Waals surface area contributed by atoms with Crippen LogP contribution in [0, 0.1) is 6.92 Å². The predicted octanol–water partition coefficient (Wildman–Crippen LogP) is 3.86. The topological polar surface area (TPSA) is 12.0 Å². The van der Waals surface area contributed by atoms with Gasteiger partial charge in [0.2, 0.25) is 0 Å². The molecule has 3 rings (SSSR count). The maximum absolute atomic E-state index is 3.94. The molecule has 1 saturated carbocycles. The van der Waals surface area contributed by atoms with Gasteiger partial charge in [0, 0.05) is 17.3 Å². The quantitative estimate of drug-likeness (QED) is 0.887. The van der Waals surface area contributed by atoms with Gasteiger partial charge in [-0.05, 0) is 50.0 Å². The molecular formula is C16H23NS. The Labute approximate surface area is 115 Å². The standard InChI is InChI=1S/C16H23NS/c1-11-6-7-12-8-9-14(13(12)10-11)17-15-4-3-5-16(15)18-2/h6-7,10,14-17H,3-5,8-9H2,1-2H3. The molecule has 3 unspecified atom stereocenters. The van der Waals surface area contributed by atoms with Gasteiger partial charge in [-0.25, -0.2) is 0 Å². The zero-order chi connectivity index (χ0) is 12.5. The molecule has 1 aromatic carbocycles. The van der Waals surface area contributed by atoms with Crippen molar-refractivity contribution in [2.45, 2.75) is 56.4 Å². The van der Waals surface area contributed by atoms with Crippen LogP contribution in [0.3, 0.4) is 0 Å². The fourth-order valence-corrected chi connectivity index (χ4v) is 4.50. The molecule has 0 heterocycles. The third kappa shape index (κ3) is 2.33. The number of rotatable bonds is 3. The molecular weight excluding hydrogens is 238 g/mol. The lowest BCUT2D eigenvalue weighted by Crippen LogP contribution is -2.36. The van der Waals surface area contributed by atoms with Crippen LogP contribution in [-0.2, 0) is 6.42 Å². The van der Waals surface area contributed by atoms with E-state index in [2.05, 4.69) is 36.7 Å². The number of nitrogens with one attached hydrogen (secondary N) is 1. The van der Waals surface area contributed by atoms with Crippen molar-refractivity contribution in [3.8, 4) is 0 Å². The number of hydrogen-bond acceptors (Lipinski definition) is 2. The van der Waals surface area contributed by atoms with E-state index in [1.807, 2.05) is 11.8 Å². The van der Waals surface area contributed by atoms with E-state index >= 15 is 0 Å². The second-order valence-corrected chi connectivity index (χ2v) is 6.85. The molecule has 0 saturated heterocycles. The van der Waals surface area contributed by atoms with Crippen LogP contribution < -0.4 is 5.32 Å². The SMILES string of the molecule is CSC1CCCC1NC1CCc2ccc(C)cc21. The van der Waals surface area contributed by atoms with Crippen LogP contribution in [0.4, 0.5) is 0 Å². The van der Waals surface area contributed by atoms with Gasteiger partial charge in [0.1, 0.15) is 0 Å². The summed E-state index contributed by atoms with van der Waals surface area (Å²) in [6.45, 7) is 2.20. The van der Waals surface area contributed by atoms with E-state index in [1.165, 1.54) is 37.7 Å². The molecule has 0 radical (unpaired) electrons. The molecule has 1 fully saturated rings. The van der Waals surface area contributed by atoms with Gasteiger partial charge in [-0.1, -0.05) is 30.2 Å². The molecule has 1 N–H and O–H groups in total. The summed E-state index contributed by atoms with van der Waals surface area (Å²) in [6.07, 6.45) is 8.96.